The third-order valence-corrected chi connectivity index (χ3v) is 6.68. The molecule has 0 aromatic heterocycles. The summed E-state index contributed by atoms with van der Waals surface area (Å²) in [4.78, 5) is 0. The van der Waals surface area contributed by atoms with Gasteiger partial charge < -0.3 is 4.48 Å². The van der Waals surface area contributed by atoms with Gasteiger partial charge in [0.1, 0.15) is 0 Å². The summed E-state index contributed by atoms with van der Waals surface area (Å²) in [5.41, 5.74) is -6.41. The number of rotatable bonds is 13. The summed E-state index contributed by atoms with van der Waals surface area (Å²) in [6, 6.07) is 0. The standard InChI is InChI=1S/C18H28F13N2O2S/c1-33(2,3)8-5-7-32-36(34,35)9-4-6-12(15(20,21)22)10-13(16(23,24)25)11-14(19,17(26,27)28)18(29,30)31/h12-13,32H,4-11H2,1-3H3/q+1. The van der Waals surface area contributed by atoms with Gasteiger partial charge in [-0.2, -0.15) is 52.7 Å². The summed E-state index contributed by atoms with van der Waals surface area (Å²) in [5, 5.41) is 0. The van der Waals surface area contributed by atoms with Crippen molar-refractivity contribution >= 4 is 10.0 Å². The van der Waals surface area contributed by atoms with Crippen LogP contribution in [0.2, 0.25) is 0 Å². The highest BCUT2D eigenvalue weighted by Gasteiger charge is 2.74. The number of alkyl halides is 13. The first-order valence-corrected chi connectivity index (χ1v) is 12.0. The molecule has 1 N–H and O–H groups in total. The van der Waals surface area contributed by atoms with E-state index in [9.17, 15) is 65.5 Å². The van der Waals surface area contributed by atoms with Gasteiger partial charge in [0, 0.05) is 19.4 Å². The van der Waals surface area contributed by atoms with Crippen LogP contribution in [0, 0.1) is 11.8 Å². The Balaban J connectivity index is 5.52. The molecule has 0 spiro atoms. The fourth-order valence-electron chi connectivity index (χ4n) is 3.20. The Morgan fingerprint density at radius 2 is 1.17 bits per heavy atom. The second kappa shape index (κ2) is 11.8. The van der Waals surface area contributed by atoms with E-state index in [1.54, 1.807) is 21.1 Å². The molecule has 0 saturated carbocycles. The van der Waals surface area contributed by atoms with Gasteiger partial charge in [-0.1, -0.05) is 0 Å². The van der Waals surface area contributed by atoms with E-state index in [4.69, 9.17) is 0 Å². The summed E-state index contributed by atoms with van der Waals surface area (Å²) in [6.07, 6.45) is -33.0. The second-order valence-corrected chi connectivity index (χ2v) is 11.4. The normalized spacial score (nSPS) is 16.8. The molecule has 0 rings (SSSR count). The first-order chi connectivity index (χ1) is 15.6. The van der Waals surface area contributed by atoms with E-state index in [2.05, 4.69) is 4.72 Å². The van der Waals surface area contributed by atoms with Crippen LogP contribution in [-0.2, 0) is 10.0 Å². The molecule has 0 heterocycles. The lowest BCUT2D eigenvalue weighted by molar-refractivity contribution is -0.870. The predicted molar refractivity (Wildman–Crippen MR) is 103 cm³/mol. The van der Waals surface area contributed by atoms with Gasteiger partial charge in [-0.3, -0.25) is 0 Å². The van der Waals surface area contributed by atoms with Crippen molar-refractivity contribution in [1.82, 2.24) is 4.72 Å². The first kappa shape index (κ1) is 35.0. The van der Waals surface area contributed by atoms with E-state index in [0.29, 0.717) is 17.4 Å². The quantitative estimate of drug-likeness (QED) is 0.171. The van der Waals surface area contributed by atoms with Crippen molar-refractivity contribution in [3.8, 4) is 0 Å². The maximum Gasteiger partial charge on any atom is 0.431 e. The van der Waals surface area contributed by atoms with E-state index in [0.717, 1.165) is 0 Å². The average molecular weight is 583 g/mol. The SMILES string of the molecule is C[N+](C)(C)CCCNS(=O)(=O)CCCC(CC(CC(F)(C(F)(F)F)C(F)(F)F)C(F)(F)F)C(F)(F)F. The van der Waals surface area contributed by atoms with Crippen molar-refractivity contribution in [2.24, 2.45) is 11.8 Å². The number of hydrogen-bond acceptors (Lipinski definition) is 2. The molecule has 0 saturated heterocycles. The van der Waals surface area contributed by atoms with Crippen LogP contribution in [0.4, 0.5) is 57.1 Å². The Morgan fingerprint density at radius 1 is 0.722 bits per heavy atom. The van der Waals surface area contributed by atoms with Crippen LogP contribution in [0.3, 0.4) is 0 Å². The highest BCUT2D eigenvalue weighted by atomic mass is 32.2. The maximum absolute atomic E-state index is 13.8. The molecule has 4 nitrogen and oxygen atoms in total. The Labute approximate surface area is 199 Å². The molecule has 0 aliphatic rings. The van der Waals surface area contributed by atoms with Crippen molar-refractivity contribution in [1.29, 1.82) is 0 Å². The van der Waals surface area contributed by atoms with Crippen molar-refractivity contribution in [2.75, 3.05) is 40.0 Å². The van der Waals surface area contributed by atoms with Crippen LogP contribution in [0.15, 0.2) is 0 Å². The van der Waals surface area contributed by atoms with Gasteiger partial charge in [0.25, 0.3) is 5.67 Å². The molecular weight excluding hydrogens is 555 g/mol. The fraction of sp³-hybridized carbons (Fsp3) is 1.00. The molecule has 0 aliphatic carbocycles. The van der Waals surface area contributed by atoms with Crippen LogP contribution in [0.25, 0.3) is 0 Å². The summed E-state index contributed by atoms with van der Waals surface area (Å²) >= 11 is 0. The topological polar surface area (TPSA) is 46.2 Å². The Kier molecular flexibility index (Phi) is 11.4. The molecule has 2 unspecified atom stereocenters. The van der Waals surface area contributed by atoms with Gasteiger partial charge in [0.15, 0.2) is 0 Å². The molecule has 18 heteroatoms. The molecule has 36 heavy (non-hydrogen) atoms. The molecule has 0 bridgehead atoms. The predicted octanol–water partition coefficient (Wildman–Crippen LogP) is 5.75. The van der Waals surface area contributed by atoms with Gasteiger partial charge in [-0.15, -0.1) is 0 Å². The van der Waals surface area contributed by atoms with Crippen molar-refractivity contribution in [3.05, 3.63) is 0 Å². The van der Waals surface area contributed by atoms with Crippen LogP contribution < -0.4 is 4.72 Å². The van der Waals surface area contributed by atoms with Gasteiger partial charge in [-0.05, 0) is 19.3 Å². The van der Waals surface area contributed by atoms with Gasteiger partial charge in [0.05, 0.1) is 45.3 Å². The van der Waals surface area contributed by atoms with E-state index in [1.165, 1.54) is 0 Å². The average Bonchev–Trinajstić information content (AvgIpc) is 2.59. The Morgan fingerprint density at radius 3 is 1.53 bits per heavy atom. The molecule has 0 aliphatic heterocycles. The lowest BCUT2D eigenvalue weighted by Gasteiger charge is -2.35. The zero-order valence-electron chi connectivity index (χ0n) is 19.4. The van der Waals surface area contributed by atoms with Crippen LogP contribution >= 0.6 is 0 Å². The zero-order valence-corrected chi connectivity index (χ0v) is 20.2. The molecule has 0 aromatic carbocycles. The van der Waals surface area contributed by atoms with E-state index in [1.807, 2.05) is 0 Å². The summed E-state index contributed by atoms with van der Waals surface area (Å²) in [7, 11) is 1.24. The molecule has 2 atom stereocenters. The molecule has 0 amide bonds. The molecular formula is C18H28F13N2O2S+. The van der Waals surface area contributed by atoms with Crippen LogP contribution in [0.5, 0.6) is 0 Å². The number of halogens is 13. The molecule has 0 fully saturated rings. The van der Waals surface area contributed by atoms with Crippen LogP contribution in [-0.4, -0.2) is 83.3 Å². The Bertz CT molecular complexity index is 767. The third kappa shape index (κ3) is 11.6. The van der Waals surface area contributed by atoms with E-state index in [-0.39, 0.29) is 6.54 Å². The summed E-state index contributed by atoms with van der Waals surface area (Å²) in [6.45, 7) is 0.424. The first-order valence-electron chi connectivity index (χ1n) is 10.4. The maximum atomic E-state index is 13.8. The van der Waals surface area contributed by atoms with Crippen molar-refractivity contribution in [3.63, 3.8) is 0 Å². The minimum absolute atomic E-state index is 0.0931. The highest BCUT2D eigenvalue weighted by Crippen LogP contribution is 2.53. The summed E-state index contributed by atoms with van der Waals surface area (Å²) in [5.74, 6) is -8.09. The number of nitrogens with one attached hydrogen (secondary N) is 1. The lowest BCUT2D eigenvalue weighted by Crippen LogP contribution is -2.55. The second-order valence-electron chi connectivity index (χ2n) is 9.44. The molecule has 0 aromatic rings. The number of sulfonamides is 1. The van der Waals surface area contributed by atoms with E-state index < -0.39 is 83.7 Å². The number of quaternary nitrogens is 1. The largest absolute Gasteiger partial charge is 0.431 e. The minimum atomic E-state index is -6.88. The fourth-order valence-corrected chi connectivity index (χ4v) is 4.34. The van der Waals surface area contributed by atoms with E-state index >= 15 is 0 Å². The van der Waals surface area contributed by atoms with Gasteiger partial charge in [0.2, 0.25) is 10.0 Å². The monoisotopic (exact) mass is 583 g/mol. The smallest absolute Gasteiger partial charge is 0.331 e. The molecule has 0 radical (unpaired) electrons. The number of hydrogen-bond donors (Lipinski definition) is 1. The van der Waals surface area contributed by atoms with Crippen molar-refractivity contribution < 1.29 is 70.0 Å². The Hall–Kier alpha value is -1.04. The number of nitrogens with zero attached hydrogens (tertiary/aromatic N) is 1. The summed E-state index contributed by atoms with van der Waals surface area (Å²) < 4.78 is 196. The third-order valence-electron chi connectivity index (χ3n) is 5.21. The van der Waals surface area contributed by atoms with Gasteiger partial charge >= 0.3 is 24.7 Å². The lowest BCUT2D eigenvalue weighted by atomic mass is 9.82. The zero-order chi connectivity index (χ0) is 29.0. The van der Waals surface area contributed by atoms with Crippen LogP contribution in [0.1, 0.15) is 32.1 Å². The highest BCUT2D eigenvalue weighted by molar-refractivity contribution is 7.89. The van der Waals surface area contributed by atoms with Crippen molar-refractivity contribution in [2.45, 2.75) is 62.5 Å². The molecule has 218 valence electrons. The minimum Gasteiger partial charge on any atom is -0.331 e. The van der Waals surface area contributed by atoms with Gasteiger partial charge in [-0.25, -0.2) is 17.5 Å².